The van der Waals surface area contributed by atoms with Crippen molar-refractivity contribution in [2.24, 2.45) is 0 Å². The number of benzene rings is 2. The van der Waals surface area contributed by atoms with Crippen LogP contribution >= 0.6 is 0 Å². The van der Waals surface area contributed by atoms with Crippen LogP contribution < -0.4 is 10.5 Å². The number of nitrogen functional groups attached to an aromatic ring is 1. The summed E-state index contributed by atoms with van der Waals surface area (Å²) in [5, 5.41) is 0. The van der Waals surface area contributed by atoms with Gasteiger partial charge in [-0.1, -0.05) is 30.3 Å². The van der Waals surface area contributed by atoms with Crippen LogP contribution in [0.15, 0.2) is 54.6 Å². The zero-order valence-electron chi connectivity index (χ0n) is 10.2. The smallest absolute Gasteiger partial charge is 0.119 e. The lowest BCUT2D eigenvalue weighted by Crippen LogP contribution is -2.06. The fourth-order valence-electron chi connectivity index (χ4n) is 1.61. The summed E-state index contributed by atoms with van der Waals surface area (Å²) in [7, 11) is 0. The third-order valence-corrected chi connectivity index (χ3v) is 2.46. The molecule has 3 heteroatoms. The Morgan fingerprint density at radius 1 is 0.889 bits per heavy atom. The molecule has 0 atom stereocenters. The highest BCUT2D eigenvalue weighted by atomic mass is 16.5. The molecule has 18 heavy (non-hydrogen) atoms. The topological polar surface area (TPSA) is 44.5 Å². The number of hydrogen-bond acceptors (Lipinski definition) is 3. The van der Waals surface area contributed by atoms with Crippen LogP contribution in [0.5, 0.6) is 5.75 Å². The van der Waals surface area contributed by atoms with Crippen molar-refractivity contribution in [1.29, 1.82) is 0 Å². The first kappa shape index (κ1) is 12.5. The van der Waals surface area contributed by atoms with Crippen LogP contribution in [0, 0.1) is 0 Å². The molecular formula is C15H17NO2. The normalized spacial score (nSPS) is 10.2. The minimum atomic E-state index is 0.548. The maximum atomic E-state index is 5.68. The number of para-hydroxylation sites is 1. The highest BCUT2D eigenvalue weighted by Crippen LogP contribution is 2.09. The standard InChI is InChI=1S/C15H17NO2/c16-14-6-4-5-13(11-14)12-17-9-10-18-15-7-2-1-3-8-15/h1-8,11H,9-10,12,16H2. The lowest BCUT2D eigenvalue weighted by Gasteiger charge is -2.07. The van der Waals surface area contributed by atoms with Gasteiger partial charge in [0.1, 0.15) is 12.4 Å². The number of ether oxygens (including phenoxy) is 2. The van der Waals surface area contributed by atoms with Crippen molar-refractivity contribution in [3.05, 3.63) is 60.2 Å². The van der Waals surface area contributed by atoms with Gasteiger partial charge in [-0.3, -0.25) is 0 Å². The summed E-state index contributed by atoms with van der Waals surface area (Å²) in [6.45, 7) is 1.67. The van der Waals surface area contributed by atoms with Gasteiger partial charge in [0, 0.05) is 5.69 Å². The lowest BCUT2D eigenvalue weighted by atomic mass is 10.2. The minimum Gasteiger partial charge on any atom is -0.491 e. The molecule has 0 saturated heterocycles. The van der Waals surface area contributed by atoms with Gasteiger partial charge in [0.05, 0.1) is 13.2 Å². The first-order valence-electron chi connectivity index (χ1n) is 5.94. The summed E-state index contributed by atoms with van der Waals surface area (Å²) in [6, 6.07) is 17.4. The van der Waals surface area contributed by atoms with E-state index in [4.69, 9.17) is 15.2 Å². The van der Waals surface area contributed by atoms with Crippen LogP contribution in [-0.4, -0.2) is 13.2 Å². The molecule has 0 aromatic heterocycles. The summed E-state index contributed by atoms with van der Waals surface area (Å²) < 4.78 is 11.0. The maximum Gasteiger partial charge on any atom is 0.119 e. The number of rotatable bonds is 6. The lowest BCUT2D eigenvalue weighted by molar-refractivity contribution is 0.0889. The molecule has 0 heterocycles. The fourth-order valence-corrected chi connectivity index (χ4v) is 1.61. The molecule has 0 saturated carbocycles. The molecule has 94 valence electrons. The molecule has 0 aliphatic heterocycles. The monoisotopic (exact) mass is 243 g/mol. The second-order valence-electron chi connectivity index (χ2n) is 3.96. The predicted molar refractivity (Wildman–Crippen MR) is 72.4 cm³/mol. The summed E-state index contributed by atoms with van der Waals surface area (Å²) in [4.78, 5) is 0. The molecule has 0 aliphatic rings. The van der Waals surface area contributed by atoms with Crippen LogP contribution in [0.4, 0.5) is 5.69 Å². The van der Waals surface area contributed by atoms with Crippen LogP contribution in [0.3, 0.4) is 0 Å². The van der Waals surface area contributed by atoms with E-state index in [1.807, 2.05) is 54.6 Å². The molecule has 0 amide bonds. The number of nitrogens with two attached hydrogens (primary N) is 1. The highest BCUT2D eigenvalue weighted by molar-refractivity contribution is 5.40. The first-order chi connectivity index (χ1) is 8.84. The Balaban J connectivity index is 1.65. The van der Waals surface area contributed by atoms with Gasteiger partial charge in [0.15, 0.2) is 0 Å². The fraction of sp³-hybridized carbons (Fsp3) is 0.200. The summed E-state index contributed by atoms with van der Waals surface area (Å²) in [5.41, 5.74) is 7.52. The molecule has 0 fully saturated rings. The van der Waals surface area contributed by atoms with E-state index in [2.05, 4.69) is 0 Å². The SMILES string of the molecule is Nc1cccc(COCCOc2ccccc2)c1. The van der Waals surface area contributed by atoms with Crippen molar-refractivity contribution < 1.29 is 9.47 Å². The van der Waals surface area contributed by atoms with Crippen molar-refractivity contribution in [2.45, 2.75) is 6.61 Å². The molecule has 2 rings (SSSR count). The second-order valence-corrected chi connectivity index (χ2v) is 3.96. The van der Waals surface area contributed by atoms with Gasteiger partial charge < -0.3 is 15.2 Å². The van der Waals surface area contributed by atoms with Crippen LogP contribution in [0.25, 0.3) is 0 Å². The highest BCUT2D eigenvalue weighted by Gasteiger charge is 1.95. The minimum absolute atomic E-state index is 0.548. The molecule has 0 unspecified atom stereocenters. The third-order valence-electron chi connectivity index (χ3n) is 2.46. The van der Waals surface area contributed by atoms with Crippen LogP contribution in [0.1, 0.15) is 5.56 Å². The average molecular weight is 243 g/mol. The van der Waals surface area contributed by atoms with Crippen molar-refractivity contribution in [1.82, 2.24) is 0 Å². The Bertz CT molecular complexity index is 471. The molecule has 2 N–H and O–H groups in total. The molecule has 3 nitrogen and oxygen atoms in total. The van der Waals surface area contributed by atoms with Crippen LogP contribution in [0.2, 0.25) is 0 Å². The van der Waals surface area contributed by atoms with Gasteiger partial charge in [-0.15, -0.1) is 0 Å². The van der Waals surface area contributed by atoms with Crippen molar-refractivity contribution in [3.8, 4) is 5.75 Å². The molecular weight excluding hydrogens is 226 g/mol. The van der Waals surface area contributed by atoms with Gasteiger partial charge in [0.2, 0.25) is 0 Å². The van der Waals surface area contributed by atoms with E-state index in [-0.39, 0.29) is 0 Å². The number of hydrogen-bond donors (Lipinski definition) is 1. The first-order valence-corrected chi connectivity index (χ1v) is 5.94. The van der Waals surface area contributed by atoms with Gasteiger partial charge >= 0.3 is 0 Å². The van der Waals surface area contributed by atoms with E-state index in [1.54, 1.807) is 0 Å². The Morgan fingerprint density at radius 2 is 1.72 bits per heavy atom. The van der Waals surface area contributed by atoms with E-state index in [9.17, 15) is 0 Å². The van der Waals surface area contributed by atoms with E-state index in [0.717, 1.165) is 17.0 Å². The van der Waals surface area contributed by atoms with E-state index < -0.39 is 0 Å². The van der Waals surface area contributed by atoms with E-state index in [1.165, 1.54) is 0 Å². The summed E-state index contributed by atoms with van der Waals surface area (Å²) in [5.74, 6) is 0.866. The number of anilines is 1. The predicted octanol–water partition coefficient (Wildman–Crippen LogP) is 2.86. The van der Waals surface area contributed by atoms with Gasteiger partial charge in [-0.2, -0.15) is 0 Å². The largest absolute Gasteiger partial charge is 0.491 e. The Labute approximate surface area is 107 Å². The summed E-state index contributed by atoms with van der Waals surface area (Å²) in [6.07, 6.45) is 0. The molecule has 0 radical (unpaired) electrons. The molecule has 2 aromatic carbocycles. The average Bonchev–Trinajstić information content (AvgIpc) is 2.40. The zero-order valence-corrected chi connectivity index (χ0v) is 10.2. The zero-order chi connectivity index (χ0) is 12.6. The Hall–Kier alpha value is -2.00. The summed E-state index contributed by atoms with van der Waals surface area (Å²) >= 11 is 0. The molecule has 0 bridgehead atoms. The maximum absolute atomic E-state index is 5.68. The van der Waals surface area contributed by atoms with Crippen LogP contribution in [-0.2, 0) is 11.3 Å². The Morgan fingerprint density at radius 3 is 2.50 bits per heavy atom. The second kappa shape index (κ2) is 6.67. The Kier molecular flexibility index (Phi) is 4.61. The van der Waals surface area contributed by atoms with Gasteiger partial charge in [0.25, 0.3) is 0 Å². The van der Waals surface area contributed by atoms with Crippen molar-refractivity contribution >= 4 is 5.69 Å². The molecule has 0 spiro atoms. The van der Waals surface area contributed by atoms with E-state index in [0.29, 0.717) is 19.8 Å². The molecule has 2 aromatic rings. The van der Waals surface area contributed by atoms with Gasteiger partial charge in [-0.05, 0) is 29.8 Å². The third kappa shape index (κ3) is 4.11. The quantitative estimate of drug-likeness (QED) is 0.626. The van der Waals surface area contributed by atoms with E-state index >= 15 is 0 Å². The van der Waals surface area contributed by atoms with Crippen molar-refractivity contribution in [3.63, 3.8) is 0 Å². The van der Waals surface area contributed by atoms with Crippen molar-refractivity contribution in [2.75, 3.05) is 18.9 Å². The molecule has 0 aliphatic carbocycles. The van der Waals surface area contributed by atoms with Gasteiger partial charge in [-0.25, -0.2) is 0 Å².